The maximum Gasteiger partial charge on any atom is 0.143 e. The number of hydrogen-bond acceptors (Lipinski definition) is 4. The van der Waals surface area contributed by atoms with E-state index in [0.717, 1.165) is 50.0 Å². The van der Waals surface area contributed by atoms with Crippen molar-refractivity contribution in [3.63, 3.8) is 0 Å². The van der Waals surface area contributed by atoms with Crippen molar-refractivity contribution in [3.8, 4) is 11.1 Å². The van der Waals surface area contributed by atoms with Crippen molar-refractivity contribution < 1.29 is 4.42 Å². The van der Waals surface area contributed by atoms with Crippen molar-refractivity contribution in [1.29, 1.82) is 0 Å². The van der Waals surface area contributed by atoms with Gasteiger partial charge in [0.2, 0.25) is 0 Å². The molecule has 13 rings (SSSR count). The van der Waals surface area contributed by atoms with E-state index in [2.05, 4.69) is 193 Å². The van der Waals surface area contributed by atoms with Gasteiger partial charge in [0.15, 0.2) is 0 Å². The zero-order valence-corrected chi connectivity index (χ0v) is 32.7. The first-order valence-corrected chi connectivity index (χ1v) is 21.3. The summed E-state index contributed by atoms with van der Waals surface area (Å²) in [6.45, 7) is 0. The molecule has 3 aromatic heterocycles. The molecule has 4 heteroatoms. The third-order valence-electron chi connectivity index (χ3n) is 12.0. The second kappa shape index (κ2) is 12.3. The highest BCUT2D eigenvalue weighted by Crippen LogP contribution is 2.47. The van der Waals surface area contributed by atoms with Crippen LogP contribution in [0.15, 0.2) is 192 Å². The Hall–Kier alpha value is -6.98. The summed E-state index contributed by atoms with van der Waals surface area (Å²) in [7, 11) is 0. The van der Waals surface area contributed by atoms with Crippen LogP contribution in [0.1, 0.15) is 0 Å². The minimum Gasteiger partial charge on any atom is -0.455 e. The van der Waals surface area contributed by atoms with Gasteiger partial charge in [-0.3, -0.25) is 0 Å². The monoisotopic (exact) mass is 773 g/mol. The zero-order chi connectivity index (χ0) is 37.9. The van der Waals surface area contributed by atoms with Gasteiger partial charge in [-0.15, -0.1) is 22.7 Å². The summed E-state index contributed by atoms with van der Waals surface area (Å²) in [6.07, 6.45) is 0. The van der Waals surface area contributed by atoms with Crippen LogP contribution >= 0.6 is 22.7 Å². The van der Waals surface area contributed by atoms with E-state index in [9.17, 15) is 0 Å². The van der Waals surface area contributed by atoms with Crippen LogP contribution in [0.5, 0.6) is 0 Å². The molecule has 0 aliphatic carbocycles. The lowest BCUT2D eigenvalue weighted by Gasteiger charge is -2.27. The van der Waals surface area contributed by atoms with E-state index in [1.165, 1.54) is 72.8 Å². The third kappa shape index (κ3) is 4.70. The molecule has 0 aliphatic rings. The summed E-state index contributed by atoms with van der Waals surface area (Å²) in [4.78, 5) is 2.47. The summed E-state index contributed by atoms with van der Waals surface area (Å²) in [5.41, 5.74) is 7.64. The lowest BCUT2D eigenvalue weighted by molar-refractivity contribution is 0.673. The molecule has 58 heavy (non-hydrogen) atoms. The average molecular weight is 774 g/mol. The molecule has 2 nitrogen and oxygen atoms in total. The molecule has 10 aromatic carbocycles. The average Bonchev–Trinajstić information content (AvgIpc) is 3.97. The van der Waals surface area contributed by atoms with E-state index in [0.29, 0.717) is 0 Å². The standard InChI is InChI=1S/C54H31NOS2/c1-4-13-38-32(9-1)12-7-17-46(38)55(36-23-28-49-44(30-36)52-39-14-5-2-10-33(39)21-26-51(52)58-49)37-22-27-48-45(31-37)53-40(16-8-18-50(53)57-48)35-20-24-42-43-25-19-34-11-3-6-15-41(34)54(43)56-47(42)29-35/h1-31H. The van der Waals surface area contributed by atoms with Crippen LogP contribution in [-0.4, -0.2) is 0 Å². The molecule has 3 heterocycles. The number of fused-ring (bicyclic) bond motifs is 14. The molecule has 0 unspecified atom stereocenters. The molecule has 0 amide bonds. The fourth-order valence-electron chi connectivity index (χ4n) is 9.37. The normalized spacial score (nSPS) is 12.1. The molecule has 0 spiro atoms. The fraction of sp³-hybridized carbons (Fsp3) is 0. The first kappa shape index (κ1) is 32.1. The lowest BCUT2D eigenvalue weighted by atomic mass is 9.97. The van der Waals surface area contributed by atoms with Gasteiger partial charge in [-0.05, 0) is 105 Å². The van der Waals surface area contributed by atoms with Crippen LogP contribution in [-0.2, 0) is 0 Å². The Morgan fingerprint density at radius 3 is 1.74 bits per heavy atom. The zero-order valence-electron chi connectivity index (χ0n) is 31.1. The van der Waals surface area contributed by atoms with Gasteiger partial charge >= 0.3 is 0 Å². The van der Waals surface area contributed by atoms with Crippen LogP contribution in [0.2, 0.25) is 0 Å². The SMILES string of the molecule is c1ccc2c(N(c3ccc4sc5cccc(-c6ccc7c(c6)oc6c8ccccc8ccc76)c5c4c3)c3ccc4sc5ccc6ccccc6c5c4c3)cccc2c1. The van der Waals surface area contributed by atoms with E-state index in [-0.39, 0.29) is 0 Å². The van der Waals surface area contributed by atoms with Crippen molar-refractivity contribution in [1.82, 2.24) is 0 Å². The predicted octanol–water partition coefficient (Wildman–Crippen LogP) is 16.9. The highest BCUT2D eigenvalue weighted by atomic mass is 32.1. The van der Waals surface area contributed by atoms with Crippen molar-refractivity contribution in [2.45, 2.75) is 0 Å². The molecule has 0 atom stereocenters. The summed E-state index contributed by atoms with van der Waals surface area (Å²) >= 11 is 3.73. The van der Waals surface area contributed by atoms with Crippen molar-refractivity contribution in [2.75, 3.05) is 4.90 Å². The number of furan rings is 1. The Morgan fingerprint density at radius 2 is 0.948 bits per heavy atom. The molecule has 0 saturated heterocycles. The molecule has 13 aromatic rings. The topological polar surface area (TPSA) is 16.4 Å². The number of thiophene rings is 2. The summed E-state index contributed by atoms with van der Waals surface area (Å²) < 4.78 is 11.8. The van der Waals surface area contributed by atoms with Gasteiger partial charge in [0, 0.05) is 73.3 Å². The summed E-state index contributed by atoms with van der Waals surface area (Å²) in [5.74, 6) is 0. The van der Waals surface area contributed by atoms with Gasteiger partial charge in [-0.2, -0.15) is 0 Å². The van der Waals surface area contributed by atoms with E-state index in [1.54, 1.807) is 0 Å². The molecule has 0 saturated carbocycles. The Labute approximate surface area is 341 Å². The van der Waals surface area contributed by atoms with Crippen LogP contribution in [0.25, 0.3) is 106 Å². The molecule has 270 valence electrons. The molecule has 0 radical (unpaired) electrons. The number of nitrogens with zero attached hydrogens (tertiary/aromatic N) is 1. The Balaban J connectivity index is 1.04. The van der Waals surface area contributed by atoms with E-state index < -0.39 is 0 Å². The van der Waals surface area contributed by atoms with Crippen LogP contribution in [0.3, 0.4) is 0 Å². The lowest BCUT2D eigenvalue weighted by Crippen LogP contribution is -2.10. The van der Waals surface area contributed by atoms with E-state index in [4.69, 9.17) is 4.42 Å². The molecule has 0 bridgehead atoms. The second-order valence-corrected chi connectivity index (χ2v) is 17.4. The smallest absolute Gasteiger partial charge is 0.143 e. The van der Waals surface area contributed by atoms with Crippen molar-refractivity contribution >= 4 is 134 Å². The second-order valence-electron chi connectivity index (χ2n) is 15.2. The number of benzene rings is 10. The predicted molar refractivity (Wildman–Crippen MR) is 252 cm³/mol. The Morgan fingerprint density at radius 1 is 0.362 bits per heavy atom. The maximum atomic E-state index is 6.66. The van der Waals surface area contributed by atoms with Crippen LogP contribution < -0.4 is 4.90 Å². The Kier molecular flexibility index (Phi) is 6.79. The quantitative estimate of drug-likeness (QED) is 0.177. The Bertz CT molecular complexity index is 3820. The minimum absolute atomic E-state index is 0.910. The fourth-order valence-corrected chi connectivity index (χ4v) is 11.6. The van der Waals surface area contributed by atoms with Gasteiger partial charge in [0.05, 0.1) is 5.69 Å². The van der Waals surface area contributed by atoms with Gasteiger partial charge in [0.25, 0.3) is 0 Å². The van der Waals surface area contributed by atoms with E-state index >= 15 is 0 Å². The molecule has 0 aliphatic heterocycles. The summed E-state index contributed by atoms with van der Waals surface area (Å²) in [5, 5.41) is 14.8. The first-order chi connectivity index (χ1) is 28.7. The number of anilines is 3. The van der Waals surface area contributed by atoms with Gasteiger partial charge in [-0.1, -0.05) is 115 Å². The van der Waals surface area contributed by atoms with Crippen molar-refractivity contribution in [3.05, 3.63) is 188 Å². The van der Waals surface area contributed by atoms with Gasteiger partial charge in [0.1, 0.15) is 11.2 Å². The van der Waals surface area contributed by atoms with Gasteiger partial charge < -0.3 is 9.32 Å². The largest absolute Gasteiger partial charge is 0.455 e. The van der Waals surface area contributed by atoms with Crippen LogP contribution in [0.4, 0.5) is 17.1 Å². The van der Waals surface area contributed by atoms with Crippen molar-refractivity contribution in [2.24, 2.45) is 0 Å². The molecule has 0 fully saturated rings. The molecular weight excluding hydrogens is 743 g/mol. The van der Waals surface area contributed by atoms with E-state index in [1.807, 2.05) is 22.7 Å². The highest BCUT2D eigenvalue weighted by molar-refractivity contribution is 7.26. The minimum atomic E-state index is 0.910. The summed E-state index contributed by atoms with van der Waals surface area (Å²) in [6, 6.07) is 69.1. The van der Waals surface area contributed by atoms with Gasteiger partial charge in [-0.25, -0.2) is 0 Å². The first-order valence-electron chi connectivity index (χ1n) is 19.7. The third-order valence-corrected chi connectivity index (χ3v) is 14.3. The number of hydrogen-bond donors (Lipinski definition) is 0. The highest BCUT2D eigenvalue weighted by Gasteiger charge is 2.21. The number of rotatable bonds is 4. The molecule has 0 N–H and O–H groups in total. The van der Waals surface area contributed by atoms with Crippen LogP contribution in [0, 0.1) is 0 Å². The molecular formula is C54H31NOS2. The maximum absolute atomic E-state index is 6.66.